The number of amides is 3. The molecule has 0 saturated carbocycles. The van der Waals surface area contributed by atoms with Crippen molar-refractivity contribution >= 4 is 23.5 Å². The molecule has 126 valence electrons. The molecule has 1 aromatic carbocycles. The summed E-state index contributed by atoms with van der Waals surface area (Å²) in [6.45, 7) is 1.60. The number of nitrogens with zero attached hydrogens (tertiary/aromatic N) is 1. The van der Waals surface area contributed by atoms with Crippen molar-refractivity contribution in [3.63, 3.8) is 0 Å². The fourth-order valence-electron chi connectivity index (χ4n) is 2.73. The molecule has 1 fully saturated rings. The first-order valence-corrected chi connectivity index (χ1v) is 8.03. The number of nitrogens with two attached hydrogens (primary N) is 1. The van der Waals surface area contributed by atoms with Crippen molar-refractivity contribution in [3.8, 4) is 5.75 Å². The van der Waals surface area contributed by atoms with E-state index < -0.39 is 0 Å². The first-order chi connectivity index (χ1) is 11.0. The molecule has 1 saturated heterocycles. The maximum absolute atomic E-state index is 12.1. The molecule has 23 heavy (non-hydrogen) atoms. The van der Waals surface area contributed by atoms with Crippen LogP contribution in [0.2, 0.25) is 5.02 Å². The van der Waals surface area contributed by atoms with Crippen molar-refractivity contribution in [2.75, 3.05) is 26.7 Å². The van der Waals surface area contributed by atoms with E-state index in [0.717, 1.165) is 11.3 Å². The van der Waals surface area contributed by atoms with Gasteiger partial charge in [-0.05, 0) is 43.0 Å². The van der Waals surface area contributed by atoms with Gasteiger partial charge in [0.1, 0.15) is 5.75 Å². The Balaban J connectivity index is 1.79. The van der Waals surface area contributed by atoms with Crippen LogP contribution in [0.25, 0.3) is 0 Å². The number of rotatable bonds is 5. The van der Waals surface area contributed by atoms with Crippen molar-refractivity contribution in [3.05, 3.63) is 28.8 Å². The lowest BCUT2D eigenvalue weighted by atomic mass is 9.96. The summed E-state index contributed by atoms with van der Waals surface area (Å²) in [5.74, 6) is 0.360. The molecule has 1 heterocycles. The molecule has 3 N–H and O–H groups in total. The van der Waals surface area contributed by atoms with Gasteiger partial charge in [-0.15, -0.1) is 0 Å². The third-order valence-corrected chi connectivity index (χ3v) is 4.33. The number of carbonyl (C=O) groups is 2. The highest BCUT2D eigenvalue weighted by atomic mass is 35.5. The van der Waals surface area contributed by atoms with Crippen molar-refractivity contribution in [2.45, 2.75) is 19.3 Å². The predicted octanol–water partition coefficient (Wildman–Crippen LogP) is 1.80. The van der Waals surface area contributed by atoms with E-state index in [-0.39, 0.29) is 17.9 Å². The second-order valence-electron chi connectivity index (χ2n) is 5.60. The predicted molar refractivity (Wildman–Crippen MR) is 88.6 cm³/mol. The number of likely N-dealkylation sites (tertiary alicyclic amines) is 1. The number of hydrogen-bond acceptors (Lipinski definition) is 3. The largest absolute Gasteiger partial charge is 0.496 e. The van der Waals surface area contributed by atoms with Crippen molar-refractivity contribution in [1.82, 2.24) is 10.2 Å². The minimum Gasteiger partial charge on any atom is -0.496 e. The number of ether oxygens (including phenoxy) is 1. The SMILES string of the molecule is COc1ccc(Cl)cc1CCNC(=O)N1CCC(C(N)=O)CC1. The van der Waals surface area contributed by atoms with Crippen LogP contribution in [0, 0.1) is 5.92 Å². The number of nitrogens with one attached hydrogen (secondary N) is 1. The van der Waals surface area contributed by atoms with Crippen molar-refractivity contribution in [2.24, 2.45) is 11.7 Å². The second kappa shape index (κ2) is 8.06. The van der Waals surface area contributed by atoms with Crippen LogP contribution in [-0.2, 0) is 11.2 Å². The van der Waals surface area contributed by atoms with E-state index in [4.69, 9.17) is 22.1 Å². The Bertz CT molecular complexity index is 572. The fraction of sp³-hybridized carbons (Fsp3) is 0.500. The molecule has 0 unspecified atom stereocenters. The van der Waals surface area contributed by atoms with E-state index in [0.29, 0.717) is 43.9 Å². The Hall–Kier alpha value is -1.95. The number of methoxy groups -OCH3 is 1. The zero-order chi connectivity index (χ0) is 16.8. The van der Waals surface area contributed by atoms with Crippen LogP contribution < -0.4 is 15.8 Å². The molecule has 6 nitrogen and oxygen atoms in total. The van der Waals surface area contributed by atoms with E-state index in [1.165, 1.54) is 0 Å². The summed E-state index contributed by atoms with van der Waals surface area (Å²) < 4.78 is 5.28. The number of hydrogen-bond donors (Lipinski definition) is 2. The van der Waals surface area contributed by atoms with Gasteiger partial charge in [0.15, 0.2) is 0 Å². The molecule has 0 aliphatic carbocycles. The molecule has 0 radical (unpaired) electrons. The number of urea groups is 1. The molecule has 7 heteroatoms. The lowest BCUT2D eigenvalue weighted by Gasteiger charge is -2.30. The van der Waals surface area contributed by atoms with Crippen LogP contribution in [0.5, 0.6) is 5.75 Å². The quantitative estimate of drug-likeness (QED) is 0.857. The van der Waals surface area contributed by atoms with Crippen LogP contribution in [0.1, 0.15) is 18.4 Å². The highest BCUT2D eigenvalue weighted by Gasteiger charge is 2.25. The Kier molecular flexibility index (Phi) is 6.10. The smallest absolute Gasteiger partial charge is 0.317 e. The first kappa shape index (κ1) is 17.4. The first-order valence-electron chi connectivity index (χ1n) is 7.65. The Morgan fingerprint density at radius 3 is 2.70 bits per heavy atom. The second-order valence-corrected chi connectivity index (χ2v) is 6.04. The Morgan fingerprint density at radius 2 is 2.09 bits per heavy atom. The fourth-order valence-corrected chi connectivity index (χ4v) is 2.92. The summed E-state index contributed by atoms with van der Waals surface area (Å²) in [4.78, 5) is 25.0. The van der Waals surface area contributed by atoms with E-state index in [2.05, 4.69) is 5.32 Å². The molecule has 0 aromatic heterocycles. The molecule has 1 aromatic rings. The summed E-state index contributed by atoms with van der Waals surface area (Å²) in [7, 11) is 1.61. The lowest BCUT2D eigenvalue weighted by molar-refractivity contribution is -0.123. The van der Waals surface area contributed by atoms with Gasteiger partial charge in [-0.1, -0.05) is 11.6 Å². The summed E-state index contributed by atoms with van der Waals surface area (Å²) in [5.41, 5.74) is 6.24. The van der Waals surface area contributed by atoms with Crippen LogP contribution in [0.3, 0.4) is 0 Å². The highest BCUT2D eigenvalue weighted by Crippen LogP contribution is 2.23. The molecule has 3 amide bonds. The van der Waals surface area contributed by atoms with Crippen LogP contribution in [0.4, 0.5) is 4.79 Å². The molecule has 1 aliphatic rings. The number of benzene rings is 1. The number of piperidine rings is 1. The standard InChI is InChI=1S/C16H22ClN3O3/c1-23-14-3-2-13(17)10-12(14)4-7-19-16(22)20-8-5-11(6-9-20)15(18)21/h2-3,10-11H,4-9H2,1H3,(H2,18,21)(H,19,22). The van der Waals surface area contributed by atoms with Crippen LogP contribution >= 0.6 is 11.6 Å². The van der Waals surface area contributed by atoms with Crippen molar-refractivity contribution in [1.29, 1.82) is 0 Å². The minimum absolute atomic E-state index is 0.116. The minimum atomic E-state index is -0.280. The van der Waals surface area contributed by atoms with Gasteiger partial charge in [-0.2, -0.15) is 0 Å². The molecule has 0 spiro atoms. The van der Waals surface area contributed by atoms with E-state index in [9.17, 15) is 9.59 Å². The van der Waals surface area contributed by atoms with E-state index >= 15 is 0 Å². The Morgan fingerprint density at radius 1 is 1.39 bits per heavy atom. The van der Waals surface area contributed by atoms with E-state index in [1.54, 1.807) is 18.1 Å². The lowest BCUT2D eigenvalue weighted by Crippen LogP contribution is -2.46. The van der Waals surface area contributed by atoms with Gasteiger partial charge in [0.05, 0.1) is 7.11 Å². The van der Waals surface area contributed by atoms with Gasteiger partial charge in [-0.3, -0.25) is 4.79 Å². The van der Waals surface area contributed by atoms with Crippen LogP contribution in [0.15, 0.2) is 18.2 Å². The zero-order valence-electron chi connectivity index (χ0n) is 13.2. The molecule has 0 atom stereocenters. The van der Waals surface area contributed by atoms with Gasteiger partial charge < -0.3 is 20.7 Å². The van der Waals surface area contributed by atoms with Crippen LogP contribution in [-0.4, -0.2) is 43.6 Å². The third-order valence-electron chi connectivity index (χ3n) is 4.10. The molecule has 2 rings (SSSR count). The van der Waals surface area contributed by atoms with Crippen molar-refractivity contribution < 1.29 is 14.3 Å². The van der Waals surface area contributed by atoms with Gasteiger partial charge >= 0.3 is 6.03 Å². The monoisotopic (exact) mass is 339 g/mol. The summed E-state index contributed by atoms with van der Waals surface area (Å²) in [5, 5.41) is 3.53. The molecular formula is C16H22ClN3O3. The number of halogens is 1. The molecule has 0 bridgehead atoms. The maximum atomic E-state index is 12.1. The number of carbonyl (C=O) groups excluding carboxylic acids is 2. The summed E-state index contributed by atoms with van der Waals surface area (Å²) in [6, 6.07) is 5.30. The Labute approximate surface area is 140 Å². The topological polar surface area (TPSA) is 84.7 Å². The zero-order valence-corrected chi connectivity index (χ0v) is 13.9. The van der Waals surface area contributed by atoms with Gasteiger partial charge in [0, 0.05) is 30.6 Å². The van der Waals surface area contributed by atoms with Gasteiger partial charge in [0.25, 0.3) is 0 Å². The third kappa shape index (κ3) is 4.76. The molecule has 1 aliphatic heterocycles. The van der Waals surface area contributed by atoms with E-state index in [1.807, 2.05) is 12.1 Å². The molecular weight excluding hydrogens is 318 g/mol. The summed E-state index contributed by atoms with van der Waals surface area (Å²) >= 11 is 5.99. The number of primary amides is 1. The highest BCUT2D eigenvalue weighted by molar-refractivity contribution is 6.30. The average molecular weight is 340 g/mol. The van der Waals surface area contributed by atoms with Gasteiger partial charge in [-0.25, -0.2) is 4.79 Å². The summed E-state index contributed by atoms with van der Waals surface area (Å²) in [6.07, 6.45) is 1.89. The normalized spacial score (nSPS) is 15.3. The average Bonchev–Trinajstić information content (AvgIpc) is 2.55. The van der Waals surface area contributed by atoms with Gasteiger partial charge in [0.2, 0.25) is 5.91 Å². The maximum Gasteiger partial charge on any atom is 0.317 e.